The number of esters is 1. The number of hydrogen-bond acceptors (Lipinski definition) is 2. The van der Waals surface area contributed by atoms with Crippen LogP contribution in [0.1, 0.15) is 48.7 Å². The number of carbonyl (C=O) groups is 1. The monoisotopic (exact) mass is 372 g/mol. The van der Waals surface area contributed by atoms with E-state index in [9.17, 15) is 4.79 Å². The summed E-state index contributed by atoms with van der Waals surface area (Å²) in [5.41, 5.74) is 5.43. The highest BCUT2D eigenvalue weighted by molar-refractivity contribution is 5.91. The van der Waals surface area contributed by atoms with Crippen molar-refractivity contribution in [3.63, 3.8) is 0 Å². The van der Waals surface area contributed by atoms with E-state index in [1.807, 2.05) is 48.5 Å². The van der Waals surface area contributed by atoms with Gasteiger partial charge in [0.05, 0.1) is 5.56 Å². The Hall–Kier alpha value is -2.87. The average molecular weight is 373 g/mol. The molecule has 0 saturated carbocycles. The van der Waals surface area contributed by atoms with Gasteiger partial charge in [0.2, 0.25) is 0 Å². The molecule has 2 nitrogen and oxygen atoms in total. The Kier molecular flexibility index (Phi) is 6.65. The summed E-state index contributed by atoms with van der Waals surface area (Å²) < 4.78 is 5.50. The van der Waals surface area contributed by atoms with Crippen LogP contribution in [0, 0.1) is 5.92 Å². The van der Waals surface area contributed by atoms with Crippen LogP contribution >= 0.6 is 0 Å². The molecule has 0 bridgehead atoms. The molecule has 2 heteroatoms. The predicted molar refractivity (Wildman–Crippen MR) is 116 cm³/mol. The first-order valence-electron chi connectivity index (χ1n) is 10.1. The zero-order valence-electron chi connectivity index (χ0n) is 16.9. The van der Waals surface area contributed by atoms with E-state index in [0.717, 1.165) is 18.4 Å². The maximum atomic E-state index is 12.3. The second-order valence-electron chi connectivity index (χ2n) is 7.38. The minimum atomic E-state index is -0.329. The molecule has 3 aromatic carbocycles. The van der Waals surface area contributed by atoms with Crippen LogP contribution < -0.4 is 4.74 Å². The quantitative estimate of drug-likeness (QED) is 0.340. The number of aryl methyl sites for hydroxylation is 1. The van der Waals surface area contributed by atoms with E-state index in [4.69, 9.17) is 4.74 Å². The predicted octanol–water partition coefficient (Wildman–Crippen LogP) is 6.72. The van der Waals surface area contributed by atoms with Crippen molar-refractivity contribution >= 4 is 5.97 Å². The van der Waals surface area contributed by atoms with E-state index in [1.54, 1.807) is 0 Å². The van der Waals surface area contributed by atoms with Gasteiger partial charge >= 0.3 is 5.97 Å². The van der Waals surface area contributed by atoms with Crippen LogP contribution in [0.25, 0.3) is 11.1 Å². The highest BCUT2D eigenvalue weighted by Crippen LogP contribution is 2.24. The molecule has 0 aliphatic heterocycles. The first-order chi connectivity index (χ1) is 13.6. The zero-order chi connectivity index (χ0) is 19.9. The van der Waals surface area contributed by atoms with Gasteiger partial charge in [-0.2, -0.15) is 0 Å². The molecular formula is C26H28O2. The van der Waals surface area contributed by atoms with E-state index in [2.05, 4.69) is 45.0 Å². The summed E-state index contributed by atoms with van der Waals surface area (Å²) in [7, 11) is 0. The molecule has 28 heavy (non-hydrogen) atoms. The molecule has 1 atom stereocenters. The van der Waals surface area contributed by atoms with Gasteiger partial charge in [0.15, 0.2) is 0 Å². The van der Waals surface area contributed by atoms with Crippen LogP contribution in [0.3, 0.4) is 0 Å². The van der Waals surface area contributed by atoms with E-state index in [0.29, 0.717) is 17.2 Å². The summed E-state index contributed by atoms with van der Waals surface area (Å²) in [4.78, 5) is 12.3. The van der Waals surface area contributed by atoms with Gasteiger partial charge in [0.25, 0.3) is 0 Å². The highest BCUT2D eigenvalue weighted by Gasteiger charge is 2.09. The van der Waals surface area contributed by atoms with Gasteiger partial charge in [-0.25, -0.2) is 4.79 Å². The van der Waals surface area contributed by atoms with Crippen molar-refractivity contribution in [2.45, 2.75) is 40.0 Å². The van der Waals surface area contributed by atoms with Crippen molar-refractivity contribution in [1.29, 1.82) is 0 Å². The van der Waals surface area contributed by atoms with Crippen molar-refractivity contribution < 1.29 is 9.53 Å². The Morgan fingerprint density at radius 1 is 0.786 bits per heavy atom. The average Bonchev–Trinajstić information content (AvgIpc) is 2.75. The molecule has 0 amide bonds. The van der Waals surface area contributed by atoms with Gasteiger partial charge in [-0.15, -0.1) is 0 Å². The molecule has 0 heterocycles. The maximum Gasteiger partial charge on any atom is 0.343 e. The van der Waals surface area contributed by atoms with Crippen molar-refractivity contribution in [2.75, 3.05) is 0 Å². The second kappa shape index (κ2) is 9.36. The van der Waals surface area contributed by atoms with Gasteiger partial charge in [-0.3, -0.25) is 0 Å². The summed E-state index contributed by atoms with van der Waals surface area (Å²) in [6.45, 7) is 6.61. The Balaban J connectivity index is 1.65. The van der Waals surface area contributed by atoms with Crippen LogP contribution in [0.2, 0.25) is 0 Å². The standard InChI is InChI=1S/C26H28O2/c1-4-19(3)18-21-8-10-22(11-9-21)23-14-16-25(17-15-23)28-26(27)24-12-6-20(5-2)7-13-24/h6-17,19H,4-5,18H2,1-3H3. The lowest BCUT2D eigenvalue weighted by atomic mass is 9.97. The summed E-state index contributed by atoms with van der Waals surface area (Å²) in [5, 5.41) is 0. The topological polar surface area (TPSA) is 26.3 Å². The Bertz CT molecular complexity index is 891. The molecule has 1 unspecified atom stereocenters. The Morgan fingerprint density at radius 2 is 1.32 bits per heavy atom. The van der Waals surface area contributed by atoms with Crippen LogP contribution in [0.4, 0.5) is 0 Å². The lowest BCUT2D eigenvalue weighted by Crippen LogP contribution is -2.08. The molecule has 0 spiro atoms. The third-order valence-electron chi connectivity index (χ3n) is 5.23. The number of benzene rings is 3. The minimum Gasteiger partial charge on any atom is -0.423 e. The Labute approximate surface area is 168 Å². The van der Waals surface area contributed by atoms with Crippen LogP contribution in [-0.2, 0) is 12.8 Å². The van der Waals surface area contributed by atoms with Crippen LogP contribution in [-0.4, -0.2) is 5.97 Å². The van der Waals surface area contributed by atoms with E-state index < -0.39 is 0 Å². The fourth-order valence-electron chi connectivity index (χ4n) is 3.14. The number of rotatable bonds is 7. The fraction of sp³-hybridized carbons (Fsp3) is 0.269. The number of carbonyl (C=O) groups excluding carboxylic acids is 1. The molecule has 144 valence electrons. The van der Waals surface area contributed by atoms with Crippen molar-refractivity contribution in [2.24, 2.45) is 5.92 Å². The molecule has 0 fully saturated rings. The van der Waals surface area contributed by atoms with Gasteiger partial charge in [-0.05, 0) is 65.3 Å². The van der Waals surface area contributed by atoms with Crippen molar-refractivity contribution in [3.05, 3.63) is 89.5 Å². The van der Waals surface area contributed by atoms with Gasteiger partial charge < -0.3 is 4.74 Å². The minimum absolute atomic E-state index is 0.329. The van der Waals surface area contributed by atoms with Crippen molar-refractivity contribution in [1.82, 2.24) is 0 Å². The van der Waals surface area contributed by atoms with Gasteiger partial charge in [0.1, 0.15) is 5.75 Å². The summed E-state index contributed by atoms with van der Waals surface area (Å²) >= 11 is 0. The molecule has 0 aliphatic carbocycles. The normalized spacial score (nSPS) is 11.8. The number of ether oxygens (including phenoxy) is 1. The molecule has 0 N–H and O–H groups in total. The molecule has 0 aromatic heterocycles. The molecule has 3 aromatic rings. The molecule has 3 rings (SSSR count). The van der Waals surface area contributed by atoms with E-state index in [1.165, 1.54) is 23.1 Å². The lowest BCUT2D eigenvalue weighted by Gasteiger charge is -2.10. The first-order valence-corrected chi connectivity index (χ1v) is 10.1. The Morgan fingerprint density at radius 3 is 1.86 bits per heavy atom. The molecule has 0 aliphatic rings. The second-order valence-corrected chi connectivity index (χ2v) is 7.38. The van der Waals surface area contributed by atoms with Gasteiger partial charge in [-0.1, -0.05) is 75.7 Å². The number of hydrogen-bond donors (Lipinski definition) is 0. The van der Waals surface area contributed by atoms with E-state index in [-0.39, 0.29) is 5.97 Å². The zero-order valence-corrected chi connectivity index (χ0v) is 16.9. The van der Waals surface area contributed by atoms with Gasteiger partial charge in [0, 0.05) is 0 Å². The first kappa shape index (κ1) is 19.9. The highest BCUT2D eigenvalue weighted by atomic mass is 16.5. The maximum absolute atomic E-state index is 12.3. The van der Waals surface area contributed by atoms with Crippen LogP contribution in [0.5, 0.6) is 5.75 Å². The van der Waals surface area contributed by atoms with Crippen molar-refractivity contribution in [3.8, 4) is 16.9 Å². The SMILES string of the molecule is CCc1ccc(C(=O)Oc2ccc(-c3ccc(CC(C)CC)cc3)cc2)cc1. The van der Waals surface area contributed by atoms with E-state index >= 15 is 0 Å². The summed E-state index contributed by atoms with van der Waals surface area (Å²) in [5.74, 6) is 0.935. The third kappa shape index (κ3) is 5.10. The molecular weight excluding hydrogens is 344 g/mol. The fourth-order valence-corrected chi connectivity index (χ4v) is 3.14. The van der Waals surface area contributed by atoms with Crippen LogP contribution in [0.15, 0.2) is 72.8 Å². The molecule has 0 saturated heterocycles. The molecule has 0 radical (unpaired) electrons. The smallest absolute Gasteiger partial charge is 0.343 e. The summed E-state index contributed by atoms with van der Waals surface area (Å²) in [6.07, 6.45) is 3.27. The summed E-state index contributed by atoms with van der Waals surface area (Å²) in [6, 6.07) is 24.0. The third-order valence-corrected chi connectivity index (χ3v) is 5.23. The largest absolute Gasteiger partial charge is 0.423 e. The lowest BCUT2D eigenvalue weighted by molar-refractivity contribution is 0.0735.